The minimum Gasteiger partial charge on any atom is -0.478 e. The Kier molecular flexibility index (Phi) is 8.63. The van der Waals surface area contributed by atoms with Crippen LogP contribution in [0, 0.1) is 0 Å². The lowest BCUT2D eigenvalue weighted by Crippen LogP contribution is -2.40. The molecule has 2 amide bonds. The fraction of sp³-hybridized carbons (Fsp3) is 0.353. The number of nitrogens with zero attached hydrogens (tertiary/aromatic N) is 1. The number of rotatable bonds is 9. The van der Waals surface area contributed by atoms with Crippen LogP contribution in [-0.2, 0) is 19.6 Å². The molecule has 0 aliphatic heterocycles. The maximum absolute atomic E-state index is 12.6. The zero-order valence-corrected chi connectivity index (χ0v) is 16.0. The summed E-state index contributed by atoms with van der Waals surface area (Å²) in [5.74, 6) is -2.79. The summed E-state index contributed by atoms with van der Waals surface area (Å²) in [5, 5.41) is 8.41. The first-order valence-corrected chi connectivity index (χ1v) is 9.77. The van der Waals surface area contributed by atoms with Crippen LogP contribution in [0.1, 0.15) is 37.0 Å². The van der Waals surface area contributed by atoms with Gasteiger partial charge in [-0.15, -0.1) is 0 Å². The summed E-state index contributed by atoms with van der Waals surface area (Å²) in [4.78, 5) is 33.6. The molecule has 10 heteroatoms. The van der Waals surface area contributed by atoms with Crippen LogP contribution in [0.5, 0.6) is 0 Å². The van der Waals surface area contributed by atoms with Gasteiger partial charge in [-0.2, -0.15) is 4.31 Å². The monoisotopic (exact) mass is 397 g/mol. The van der Waals surface area contributed by atoms with E-state index in [-0.39, 0.29) is 10.5 Å². The molecule has 0 saturated carbocycles. The van der Waals surface area contributed by atoms with E-state index in [1.807, 2.05) is 19.3 Å². The number of amides is 2. The Morgan fingerprint density at radius 2 is 1.56 bits per heavy atom. The van der Waals surface area contributed by atoms with E-state index in [0.717, 1.165) is 6.08 Å². The van der Waals surface area contributed by atoms with Crippen LogP contribution < -0.4 is 10.9 Å². The molecule has 0 aliphatic rings. The molecule has 3 N–H and O–H groups in total. The lowest BCUT2D eigenvalue weighted by molar-refractivity contribution is -0.131. The predicted molar refractivity (Wildman–Crippen MR) is 98.2 cm³/mol. The molecule has 1 aromatic rings. The van der Waals surface area contributed by atoms with Gasteiger partial charge in [0, 0.05) is 30.8 Å². The van der Waals surface area contributed by atoms with Crippen LogP contribution in [0.15, 0.2) is 41.3 Å². The number of hydrazine groups is 1. The number of sulfonamides is 1. The quantitative estimate of drug-likeness (QED) is 0.419. The van der Waals surface area contributed by atoms with Gasteiger partial charge in [0.25, 0.3) is 11.8 Å². The summed E-state index contributed by atoms with van der Waals surface area (Å²) >= 11 is 0. The average Bonchev–Trinajstić information content (AvgIpc) is 2.64. The van der Waals surface area contributed by atoms with Gasteiger partial charge >= 0.3 is 5.97 Å². The highest BCUT2D eigenvalue weighted by Gasteiger charge is 2.23. The zero-order valence-electron chi connectivity index (χ0n) is 15.1. The van der Waals surface area contributed by atoms with Gasteiger partial charge in [0.15, 0.2) is 0 Å². The Morgan fingerprint density at radius 1 is 1.00 bits per heavy atom. The first kappa shape index (κ1) is 22.3. The zero-order chi connectivity index (χ0) is 20.4. The summed E-state index contributed by atoms with van der Waals surface area (Å²) in [6.07, 6.45) is 2.75. The van der Waals surface area contributed by atoms with Gasteiger partial charge in [-0.3, -0.25) is 20.4 Å². The fourth-order valence-corrected chi connectivity index (χ4v) is 3.78. The molecule has 1 rings (SSSR count). The maximum atomic E-state index is 12.6. The lowest BCUT2D eigenvalue weighted by atomic mass is 10.2. The third-order valence-corrected chi connectivity index (χ3v) is 5.29. The SMILES string of the molecule is CCCN(CCC)S(=O)(=O)c1ccc(C(=O)NNC(=O)C=CC(=O)O)cc1. The normalized spacial score (nSPS) is 11.5. The number of carboxylic acids is 1. The Balaban J connectivity index is 2.81. The molecule has 0 fully saturated rings. The van der Waals surface area contributed by atoms with E-state index >= 15 is 0 Å². The standard InChI is InChI=1S/C17H23N3O6S/c1-3-11-20(12-4-2)27(25,26)14-7-5-13(6-8-14)17(24)19-18-15(21)9-10-16(22)23/h5-10H,3-4,11-12H2,1-2H3,(H,18,21)(H,19,24)(H,22,23). The highest BCUT2D eigenvalue weighted by Crippen LogP contribution is 2.17. The van der Waals surface area contributed by atoms with Crippen LogP contribution in [0.25, 0.3) is 0 Å². The fourth-order valence-electron chi connectivity index (χ4n) is 2.16. The van der Waals surface area contributed by atoms with Crippen molar-refractivity contribution in [3.05, 3.63) is 42.0 Å². The average molecular weight is 397 g/mol. The Labute approximate surface area is 158 Å². The van der Waals surface area contributed by atoms with E-state index in [1.165, 1.54) is 28.6 Å². The number of carbonyl (C=O) groups is 3. The molecule has 0 saturated heterocycles. The topological polar surface area (TPSA) is 133 Å². The van der Waals surface area contributed by atoms with Crippen molar-refractivity contribution in [2.24, 2.45) is 0 Å². The molecule has 0 aromatic heterocycles. The number of carbonyl (C=O) groups excluding carboxylic acids is 2. The lowest BCUT2D eigenvalue weighted by Gasteiger charge is -2.21. The van der Waals surface area contributed by atoms with Gasteiger partial charge in [-0.1, -0.05) is 13.8 Å². The highest BCUT2D eigenvalue weighted by molar-refractivity contribution is 7.89. The summed E-state index contributed by atoms with van der Waals surface area (Å²) in [6, 6.07) is 5.32. The summed E-state index contributed by atoms with van der Waals surface area (Å²) in [6.45, 7) is 4.61. The number of hydrogen-bond donors (Lipinski definition) is 3. The molecule has 0 bridgehead atoms. The van der Waals surface area contributed by atoms with Crippen molar-refractivity contribution < 1.29 is 27.9 Å². The van der Waals surface area contributed by atoms with Crippen molar-refractivity contribution in [2.75, 3.05) is 13.1 Å². The van der Waals surface area contributed by atoms with E-state index in [1.54, 1.807) is 0 Å². The minimum atomic E-state index is -3.64. The molecule has 0 radical (unpaired) electrons. The minimum absolute atomic E-state index is 0.0781. The summed E-state index contributed by atoms with van der Waals surface area (Å²) in [5.41, 5.74) is 4.25. The van der Waals surface area contributed by atoms with E-state index < -0.39 is 27.8 Å². The highest BCUT2D eigenvalue weighted by atomic mass is 32.2. The molecule has 148 valence electrons. The van der Waals surface area contributed by atoms with Gasteiger partial charge in [-0.25, -0.2) is 13.2 Å². The maximum Gasteiger partial charge on any atom is 0.328 e. The van der Waals surface area contributed by atoms with Crippen LogP contribution in [0.4, 0.5) is 0 Å². The number of nitrogens with one attached hydrogen (secondary N) is 2. The molecule has 27 heavy (non-hydrogen) atoms. The van der Waals surface area contributed by atoms with Gasteiger partial charge in [0.2, 0.25) is 10.0 Å². The van der Waals surface area contributed by atoms with Crippen molar-refractivity contribution in [2.45, 2.75) is 31.6 Å². The first-order chi connectivity index (χ1) is 12.7. The Morgan fingerprint density at radius 3 is 2.04 bits per heavy atom. The molecule has 0 atom stereocenters. The molecule has 0 spiro atoms. The van der Waals surface area contributed by atoms with Crippen molar-refractivity contribution in [1.29, 1.82) is 0 Å². The van der Waals surface area contributed by atoms with Crippen LogP contribution in [-0.4, -0.2) is 48.7 Å². The molecular weight excluding hydrogens is 374 g/mol. The second kappa shape index (κ2) is 10.4. The van der Waals surface area contributed by atoms with Crippen LogP contribution in [0.2, 0.25) is 0 Å². The number of benzene rings is 1. The van der Waals surface area contributed by atoms with Gasteiger partial charge in [-0.05, 0) is 37.1 Å². The smallest absolute Gasteiger partial charge is 0.328 e. The van der Waals surface area contributed by atoms with Gasteiger partial charge in [0.05, 0.1) is 4.90 Å². The third-order valence-electron chi connectivity index (χ3n) is 3.38. The second-order valence-electron chi connectivity index (χ2n) is 5.54. The summed E-state index contributed by atoms with van der Waals surface area (Å²) < 4.78 is 26.7. The van der Waals surface area contributed by atoms with Crippen LogP contribution in [0.3, 0.4) is 0 Å². The number of aliphatic carboxylic acids is 1. The molecular formula is C17H23N3O6S. The van der Waals surface area contributed by atoms with E-state index in [2.05, 4.69) is 5.43 Å². The van der Waals surface area contributed by atoms with Gasteiger partial charge in [0.1, 0.15) is 0 Å². The number of carboxylic acid groups (broad SMARTS) is 1. The van der Waals surface area contributed by atoms with Gasteiger partial charge < -0.3 is 5.11 Å². The predicted octanol–water partition coefficient (Wildman–Crippen LogP) is 0.899. The number of hydrogen-bond acceptors (Lipinski definition) is 5. The molecule has 0 aliphatic carbocycles. The second-order valence-corrected chi connectivity index (χ2v) is 7.48. The molecule has 1 aromatic carbocycles. The van der Waals surface area contributed by atoms with Crippen LogP contribution >= 0.6 is 0 Å². The Hall–Kier alpha value is -2.72. The Bertz CT molecular complexity index is 796. The van der Waals surface area contributed by atoms with Crippen molar-refractivity contribution in [3.8, 4) is 0 Å². The molecule has 0 unspecified atom stereocenters. The van der Waals surface area contributed by atoms with E-state index in [4.69, 9.17) is 5.11 Å². The third kappa shape index (κ3) is 6.83. The van der Waals surface area contributed by atoms with Crippen molar-refractivity contribution >= 4 is 27.8 Å². The van der Waals surface area contributed by atoms with Crippen molar-refractivity contribution in [1.82, 2.24) is 15.2 Å². The van der Waals surface area contributed by atoms with E-state index in [9.17, 15) is 22.8 Å². The molecule has 9 nitrogen and oxygen atoms in total. The molecule has 0 heterocycles. The van der Waals surface area contributed by atoms with Crippen molar-refractivity contribution in [3.63, 3.8) is 0 Å². The first-order valence-electron chi connectivity index (χ1n) is 8.33. The largest absolute Gasteiger partial charge is 0.478 e. The summed E-state index contributed by atoms with van der Waals surface area (Å²) in [7, 11) is -3.64. The van der Waals surface area contributed by atoms with E-state index in [0.29, 0.717) is 32.0 Å².